The highest BCUT2D eigenvalue weighted by molar-refractivity contribution is 6.05. The molecule has 0 aliphatic carbocycles. The molecule has 0 saturated carbocycles. The van der Waals surface area contributed by atoms with Crippen LogP contribution in [0.1, 0.15) is 21.7 Å². The summed E-state index contributed by atoms with van der Waals surface area (Å²) in [6.07, 6.45) is -0.759. The number of amides is 2. The molecule has 2 amide bonds. The highest BCUT2D eigenvalue weighted by atomic mass is 19.4. The molecule has 0 fully saturated rings. The quantitative estimate of drug-likeness (QED) is 0.348. The fourth-order valence-corrected chi connectivity index (χ4v) is 3.30. The van der Waals surface area contributed by atoms with Gasteiger partial charge in [0.25, 0.3) is 5.91 Å². The fourth-order valence-electron chi connectivity index (χ4n) is 3.30. The van der Waals surface area contributed by atoms with Crippen molar-refractivity contribution in [1.29, 1.82) is 0 Å². The molecule has 0 aliphatic heterocycles. The number of rotatable bonds is 5. The predicted molar refractivity (Wildman–Crippen MR) is 120 cm³/mol. The van der Waals surface area contributed by atoms with E-state index in [-0.39, 0.29) is 11.4 Å². The molecule has 0 atom stereocenters. The number of benzene rings is 3. The first-order chi connectivity index (χ1) is 15.8. The number of alkyl halides is 3. The lowest BCUT2D eigenvalue weighted by Crippen LogP contribution is -2.16. The summed E-state index contributed by atoms with van der Waals surface area (Å²) < 4.78 is 45.8. The van der Waals surface area contributed by atoms with Gasteiger partial charge in [0.1, 0.15) is 0 Å². The minimum Gasteiger partial charge on any atom is -0.459 e. The Morgan fingerprint density at radius 1 is 0.879 bits per heavy atom. The van der Waals surface area contributed by atoms with Crippen LogP contribution in [0.2, 0.25) is 0 Å². The van der Waals surface area contributed by atoms with Gasteiger partial charge in [0.05, 0.1) is 17.5 Å². The van der Waals surface area contributed by atoms with Crippen LogP contribution in [0.4, 0.5) is 24.5 Å². The Kier molecular flexibility index (Phi) is 5.99. The number of halogens is 3. The van der Waals surface area contributed by atoms with Crippen LogP contribution < -0.4 is 10.6 Å². The third-order valence-corrected chi connectivity index (χ3v) is 4.82. The number of anilines is 2. The Balaban J connectivity index is 1.54. The molecule has 0 spiro atoms. The van der Waals surface area contributed by atoms with Gasteiger partial charge < -0.3 is 15.1 Å². The van der Waals surface area contributed by atoms with Crippen molar-refractivity contribution in [3.05, 3.63) is 102 Å². The molecule has 8 heteroatoms. The van der Waals surface area contributed by atoms with E-state index in [1.54, 1.807) is 6.08 Å². The smallest absolute Gasteiger partial charge is 0.418 e. The largest absolute Gasteiger partial charge is 0.459 e. The lowest BCUT2D eigenvalue weighted by molar-refractivity contribution is -0.136. The Morgan fingerprint density at radius 2 is 1.67 bits per heavy atom. The first kappa shape index (κ1) is 21.9. The van der Waals surface area contributed by atoms with Crippen molar-refractivity contribution in [2.75, 3.05) is 10.6 Å². The van der Waals surface area contributed by atoms with Crippen LogP contribution in [0.15, 0.2) is 89.6 Å². The molecule has 3 aromatic carbocycles. The number of furan rings is 1. The highest BCUT2D eigenvalue weighted by Crippen LogP contribution is 2.36. The average molecular weight is 450 g/mol. The lowest BCUT2D eigenvalue weighted by Gasteiger charge is -2.15. The molecule has 5 nitrogen and oxygen atoms in total. The molecule has 4 aromatic rings. The predicted octanol–water partition coefficient (Wildman–Crippen LogP) is 6.36. The number of fused-ring (bicyclic) bond motifs is 1. The van der Waals surface area contributed by atoms with Crippen LogP contribution in [0.25, 0.3) is 16.8 Å². The molecule has 0 aliphatic rings. The number of carbonyl (C=O) groups excluding carboxylic acids is 2. The molecule has 0 radical (unpaired) electrons. The van der Waals surface area contributed by atoms with Crippen molar-refractivity contribution in [2.45, 2.75) is 6.18 Å². The summed E-state index contributed by atoms with van der Waals surface area (Å²) in [5, 5.41) is 6.50. The van der Waals surface area contributed by atoms with E-state index in [0.29, 0.717) is 0 Å². The normalized spacial score (nSPS) is 11.6. The SMILES string of the molecule is O=C(/C=C/c1cccc2ccccc12)Nc1ccc(NC(=O)c2ccco2)cc1C(F)(F)F. The van der Waals surface area contributed by atoms with E-state index < -0.39 is 29.2 Å². The van der Waals surface area contributed by atoms with Gasteiger partial charge in [-0.3, -0.25) is 9.59 Å². The molecular formula is C25H17F3N2O3. The zero-order valence-electron chi connectivity index (χ0n) is 17.0. The van der Waals surface area contributed by atoms with Crippen molar-refractivity contribution >= 4 is 40.0 Å². The number of hydrogen-bond donors (Lipinski definition) is 2. The molecule has 0 saturated heterocycles. The van der Waals surface area contributed by atoms with Gasteiger partial charge in [-0.05, 0) is 52.7 Å². The third-order valence-electron chi connectivity index (χ3n) is 4.82. The van der Waals surface area contributed by atoms with E-state index in [1.165, 1.54) is 30.5 Å². The Bertz CT molecular complexity index is 1340. The maximum Gasteiger partial charge on any atom is 0.418 e. The second-order valence-corrected chi connectivity index (χ2v) is 7.08. The Hall–Kier alpha value is -4.33. The van der Waals surface area contributed by atoms with E-state index in [4.69, 9.17) is 4.42 Å². The van der Waals surface area contributed by atoms with Crippen molar-refractivity contribution in [2.24, 2.45) is 0 Å². The molecule has 33 heavy (non-hydrogen) atoms. The van der Waals surface area contributed by atoms with Crippen LogP contribution in [0, 0.1) is 0 Å². The summed E-state index contributed by atoms with van der Waals surface area (Å²) in [4.78, 5) is 24.4. The standard InChI is InChI=1S/C25H17F3N2O3/c26-25(27,28)20-15-18(29-24(32)22-9-4-14-33-22)11-12-21(20)30-23(31)13-10-17-7-3-6-16-5-1-2-8-19(16)17/h1-15H,(H,29,32)(H,30,31)/b13-10+. The highest BCUT2D eigenvalue weighted by Gasteiger charge is 2.34. The van der Waals surface area contributed by atoms with Gasteiger partial charge >= 0.3 is 6.18 Å². The zero-order valence-corrected chi connectivity index (χ0v) is 17.0. The van der Waals surface area contributed by atoms with Crippen LogP contribution in [0.5, 0.6) is 0 Å². The van der Waals surface area contributed by atoms with Crippen molar-refractivity contribution in [1.82, 2.24) is 0 Å². The molecule has 1 heterocycles. The maximum atomic E-state index is 13.6. The van der Waals surface area contributed by atoms with Gasteiger partial charge in [0.15, 0.2) is 5.76 Å². The summed E-state index contributed by atoms with van der Waals surface area (Å²) in [7, 11) is 0. The summed E-state index contributed by atoms with van der Waals surface area (Å²) >= 11 is 0. The van der Waals surface area contributed by atoms with Gasteiger partial charge in [0, 0.05) is 11.8 Å². The van der Waals surface area contributed by atoms with Crippen molar-refractivity contribution in [3.8, 4) is 0 Å². The van der Waals surface area contributed by atoms with E-state index in [1.807, 2.05) is 42.5 Å². The molecule has 1 aromatic heterocycles. The Labute approximate surface area is 186 Å². The monoisotopic (exact) mass is 450 g/mol. The molecule has 2 N–H and O–H groups in total. The minimum absolute atomic E-state index is 0.0421. The van der Waals surface area contributed by atoms with Gasteiger partial charge in [-0.2, -0.15) is 13.2 Å². The fraction of sp³-hybridized carbons (Fsp3) is 0.0400. The van der Waals surface area contributed by atoms with E-state index in [9.17, 15) is 22.8 Å². The van der Waals surface area contributed by atoms with E-state index in [0.717, 1.165) is 28.5 Å². The van der Waals surface area contributed by atoms with Crippen molar-refractivity contribution in [3.63, 3.8) is 0 Å². The van der Waals surface area contributed by atoms with Gasteiger partial charge in [-0.15, -0.1) is 0 Å². The molecule has 0 bridgehead atoms. The summed E-state index contributed by atoms with van der Waals surface area (Å²) in [5.41, 5.74) is -0.846. The van der Waals surface area contributed by atoms with Gasteiger partial charge in [-0.1, -0.05) is 42.5 Å². The second kappa shape index (κ2) is 9.04. The summed E-state index contributed by atoms with van der Waals surface area (Å²) in [6, 6.07) is 19.1. The van der Waals surface area contributed by atoms with Crippen LogP contribution in [0.3, 0.4) is 0 Å². The third kappa shape index (κ3) is 5.12. The molecular weight excluding hydrogens is 433 g/mol. The Morgan fingerprint density at radius 3 is 2.42 bits per heavy atom. The van der Waals surface area contributed by atoms with Gasteiger partial charge in [0.2, 0.25) is 5.91 Å². The molecule has 166 valence electrons. The topological polar surface area (TPSA) is 71.3 Å². The maximum absolute atomic E-state index is 13.6. The van der Waals surface area contributed by atoms with Crippen molar-refractivity contribution < 1.29 is 27.2 Å². The second-order valence-electron chi connectivity index (χ2n) is 7.08. The van der Waals surface area contributed by atoms with Gasteiger partial charge in [-0.25, -0.2) is 0 Å². The minimum atomic E-state index is -4.76. The van der Waals surface area contributed by atoms with Crippen LogP contribution in [-0.2, 0) is 11.0 Å². The molecule has 0 unspecified atom stereocenters. The number of nitrogens with one attached hydrogen (secondary N) is 2. The average Bonchev–Trinajstić information content (AvgIpc) is 3.33. The summed E-state index contributed by atoms with van der Waals surface area (Å²) in [6.45, 7) is 0. The zero-order chi connectivity index (χ0) is 23.4. The molecule has 4 rings (SSSR count). The lowest BCUT2D eigenvalue weighted by atomic mass is 10.0. The number of hydrogen-bond acceptors (Lipinski definition) is 3. The first-order valence-electron chi connectivity index (χ1n) is 9.84. The van der Waals surface area contributed by atoms with Crippen LogP contribution >= 0.6 is 0 Å². The van der Waals surface area contributed by atoms with E-state index >= 15 is 0 Å². The van der Waals surface area contributed by atoms with Crippen LogP contribution in [-0.4, -0.2) is 11.8 Å². The first-order valence-corrected chi connectivity index (χ1v) is 9.84. The summed E-state index contributed by atoms with van der Waals surface area (Å²) in [5.74, 6) is -1.46. The number of carbonyl (C=O) groups is 2. The van der Waals surface area contributed by atoms with E-state index in [2.05, 4.69) is 10.6 Å².